The summed E-state index contributed by atoms with van der Waals surface area (Å²) in [5, 5.41) is 10.9. The van der Waals surface area contributed by atoms with Crippen molar-refractivity contribution < 1.29 is 24.2 Å². The van der Waals surface area contributed by atoms with Crippen molar-refractivity contribution in [3.8, 4) is 0 Å². The third kappa shape index (κ3) is 1.37. The van der Waals surface area contributed by atoms with Crippen LogP contribution in [0.5, 0.6) is 0 Å². The Morgan fingerprint density at radius 3 is 2.43 bits per heavy atom. The van der Waals surface area contributed by atoms with E-state index in [9.17, 15) is 19.5 Å². The zero-order valence-electron chi connectivity index (χ0n) is 13.6. The maximum absolute atomic E-state index is 13.0. The lowest BCUT2D eigenvalue weighted by atomic mass is 9.45. The van der Waals surface area contributed by atoms with Gasteiger partial charge in [-0.25, -0.2) is 0 Å². The van der Waals surface area contributed by atoms with Gasteiger partial charge in [0.1, 0.15) is 6.10 Å². The summed E-state index contributed by atoms with van der Waals surface area (Å²) >= 11 is 0. The average Bonchev–Trinajstić information content (AvgIpc) is 2.83. The molecule has 4 aliphatic rings. The summed E-state index contributed by atoms with van der Waals surface area (Å²) in [4.78, 5) is 38.1. The number of hydrogen-bond donors (Lipinski definition) is 1. The molecule has 1 N–H and O–H groups in total. The molecule has 5 heteroatoms. The van der Waals surface area contributed by atoms with E-state index in [0.29, 0.717) is 5.57 Å². The summed E-state index contributed by atoms with van der Waals surface area (Å²) in [6, 6.07) is 0. The summed E-state index contributed by atoms with van der Waals surface area (Å²) in [6.45, 7) is 7.14. The number of hydrogen-bond acceptors (Lipinski definition) is 5. The molecular weight excluding hydrogens is 296 g/mol. The molecule has 4 rings (SSSR count). The monoisotopic (exact) mass is 316 g/mol. The lowest BCUT2D eigenvalue weighted by Gasteiger charge is -2.55. The first kappa shape index (κ1) is 14.8. The molecule has 2 bridgehead atoms. The fourth-order valence-corrected chi connectivity index (χ4v) is 5.71. The number of fused-ring (bicyclic) bond motifs is 6. The topological polar surface area (TPSA) is 80.7 Å². The normalized spacial score (nSPS) is 51.0. The Morgan fingerprint density at radius 1 is 1.13 bits per heavy atom. The van der Waals surface area contributed by atoms with Crippen molar-refractivity contribution in [1.82, 2.24) is 0 Å². The maximum Gasteiger partial charge on any atom is 0.310 e. The lowest BCUT2D eigenvalue weighted by Crippen LogP contribution is -2.64. The number of ketones is 2. The largest absolute Gasteiger partial charge is 0.459 e. The van der Waals surface area contributed by atoms with Crippen molar-refractivity contribution in [2.75, 3.05) is 0 Å². The van der Waals surface area contributed by atoms with Crippen LogP contribution in [0.1, 0.15) is 27.7 Å². The van der Waals surface area contributed by atoms with E-state index in [0.717, 1.165) is 5.57 Å². The number of aliphatic hydroxyl groups excluding tert-OH is 1. The molecule has 7 atom stereocenters. The first-order valence-electron chi connectivity index (χ1n) is 8.03. The molecule has 3 aliphatic carbocycles. The molecule has 1 saturated carbocycles. The molecule has 0 aromatic carbocycles. The van der Waals surface area contributed by atoms with Crippen LogP contribution in [-0.4, -0.2) is 34.9 Å². The summed E-state index contributed by atoms with van der Waals surface area (Å²) in [7, 11) is 0. The second-order valence-electron chi connectivity index (χ2n) is 7.81. The SMILES string of the molecule is CC1=CC(=O)[C@@]2(C)C1=CC(=O)[C@@]1(C)[C@H]3C(=O)O[C@H]([C@@H]3C)[C@H](O)[C@@H]21. The number of rotatable bonds is 0. The Hall–Kier alpha value is -1.75. The standard InChI is InChI=1S/C18H20O5/c1-7-5-10(19)17(3)9(7)6-11(20)18(4)12-8(2)14(23-16(12)22)13(21)15(17)18/h5-6,8,12-15,21H,1-4H3/t8-,12-,13+,14-,15+,17-,18+/m1/s1. The molecule has 1 saturated heterocycles. The molecule has 122 valence electrons. The molecular formula is C18H20O5. The summed E-state index contributed by atoms with van der Waals surface area (Å²) in [5.74, 6) is -2.24. The second-order valence-corrected chi connectivity index (χ2v) is 7.81. The van der Waals surface area contributed by atoms with Gasteiger partial charge in [-0.3, -0.25) is 14.4 Å². The quantitative estimate of drug-likeness (QED) is 0.679. The third-order valence-electron chi connectivity index (χ3n) is 6.79. The van der Waals surface area contributed by atoms with Crippen LogP contribution in [0.4, 0.5) is 0 Å². The molecule has 1 aliphatic heterocycles. The highest BCUT2D eigenvalue weighted by Gasteiger charge is 2.73. The highest BCUT2D eigenvalue weighted by Crippen LogP contribution is 2.64. The van der Waals surface area contributed by atoms with Gasteiger partial charge in [-0.05, 0) is 37.1 Å². The molecule has 0 unspecified atom stereocenters. The van der Waals surface area contributed by atoms with Gasteiger partial charge in [0.25, 0.3) is 0 Å². The number of ether oxygens (including phenoxy) is 1. The molecule has 23 heavy (non-hydrogen) atoms. The molecule has 0 spiro atoms. The van der Waals surface area contributed by atoms with Gasteiger partial charge in [0.05, 0.1) is 22.9 Å². The Labute approximate surface area is 134 Å². The van der Waals surface area contributed by atoms with Gasteiger partial charge in [0, 0.05) is 11.8 Å². The van der Waals surface area contributed by atoms with Crippen LogP contribution in [0.15, 0.2) is 23.3 Å². The zero-order valence-corrected chi connectivity index (χ0v) is 13.6. The third-order valence-corrected chi connectivity index (χ3v) is 6.79. The van der Waals surface area contributed by atoms with Crippen LogP contribution in [0.25, 0.3) is 0 Å². The van der Waals surface area contributed by atoms with Crippen molar-refractivity contribution >= 4 is 17.5 Å². The molecule has 0 amide bonds. The van der Waals surface area contributed by atoms with Crippen molar-refractivity contribution in [2.24, 2.45) is 28.6 Å². The molecule has 5 nitrogen and oxygen atoms in total. The van der Waals surface area contributed by atoms with Crippen LogP contribution in [0, 0.1) is 28.6 Å². The highest BCUT2D eigenvalue weighted by molar-refractivity contribution is 6.10. The number of carbonyl (C=O) groups excluding carboxylic acids is 3. The first-order valence-corrected chi connectivity index (χ1v) is 8.03. The Balaban J connectivity index is 2.00. The minimum absolute atomic E-state index is 0.106. The first-order chi connectivity index (χ1) is 10.6. The number of allylic oxidation sites excluding steroid dienone is 4. The van der Waals surface area contributed by atoms with E-state index in [2.05, 4.69) is 0 Å². The van der Waals surface area contributed by atoms with Gasteiger partial charge in [-0.2, -0.15) is 0 Å². The molecule has 2 fully saturated rings. The Kier molecular flexibility index (Phi) is 2.58. The Morgan fingerprint density at radius 2 is 1.78 bits per heavy atom. The summed E-state index contributed by atoms with van der Waals surface area (Å²) in [5.41, 5.74) is -0.653. The second kappa shape index (κ2) is 4.01. The highest BCUT2D eigenvalue weighted by atomic mass is 16.6. The van der Waals surface area contributed by atoms with Crippen molar-refractivity contribution in [3.63, 3.8) is 0 Å². The van der Waals surface area contributed by atoms with E-state index in [4.69, 9.17) is 4.74 Å². The molecule has 1 heterocycles. The average molecular weight is 316 g/mol. The molecule has 0 aromatic rings. The number of esters is 1. The summed E-state index contributed by atoms with van der Waals surface area (Å²) < 4.78 is 5.38. The van der Waals surface area contributed by atoms with Crippen LogP contribution >= 0.6 is 0 Å². The fourth-order valence-electron chi connectivity index (χ4n) is 5.71. The van der Waals surface area contributed by atoms with Gasteiger partial charge in [0.15, 0.2) is 11.6 Å². The van der Waals surface area contributed by atoms with Crippen molar-refractivity contribution in [3.05, 3.63) is 23.3 Å². The minimum atomic E-state index is -1.12. The zero-order chi connectivity index (χ0) is 16.9. The van der Waals surface area contributed by atoms with Crippen LogP contribution < -0.4 is 0 Å². The van der Waals surface area contributed by atoms with Gasteiger partial charge in [-0.15, -0.1) is 0 Å². The minimum Gasteiger partial charge on any atom is -0.459 e. The predicted molar refractivity (Wildman–Crippen MR) is 80.1 cm³/mol. The number of aliphatic hydroxyl groups is 1. The van der Waals surface area contributed by atoms with Gasteiger partial charge < -0.3 is 9.84 Å². The van der Waals surface area contributed by atoms with Crippen LogP contribution in [0.2, 0.25) is 0 Å². The Bertz CT molecular complexity index is 732. The van der Waals surface area contributed by atoms with E-state index in [-0.39, 0.29) is 17.5 Å². The smallest absolute Gasteiger partial charge is 0.310 e. The van der Waals surface area contributed by atoms with E-state index in [1.807, 2.05) is 6.92 Å². The van der Waals surface area contributed by atoms with E-state index in [1.54, 1.807) is 26.8 Å². The molecule has 0 aromatic heterocycles. The maximum atomic E-state index is 13.0. The predicted octanol–water partition coefficient (Wildman–Crippen LogP) is 1.21. The van der Waals surface area contributed by atoms with Gasteiger partial charge in [0.2, 0.25) is 0 Å². The van der Waals surface area contributed by atoms with Crippen molar-refractivity contribution in [2.45, 2.75) is 39.9 Å². The van der Waals surface area contributed by atoms with Crippen LogP contribution in [0.3, 0.4) is 0 Å². The van der Waals surface area contributed by atoms with E-state index in [1.165, 1.54) is 6.08 Å². The summed E-state index contributed by atoms with van der Waals surface area (Å²) in [6.07, 6.45) is 1.38. The van der Waals surface area contributed by atoms with Gasteiger partial charge >= 0.3 is 5.97 Å². The van der Waals surface area contributed by atoms with Crippen LogP contribution in [-0.2, 0) is 19.1 Å². The van der Waals surface area contributed by atoms with E-state index < -0.39 is 40.8 Å². The van der Waals surface area contributed by atoms with Gasteiger partial charge in [-0.1, -0.05) is 13.8 Å². The molecule has 0 radical (unpaired) electrons. The van der Waals surface area contributed by atoms with Crippen molar-refractivity contribution in [1.29, 1.82) is 0 Å². The lowest BCUT2D eigenvalue weighted by molar-refractivity contribution is -0.165. The number of carbonyl (C=O) groups is 3. The fraction of sp³-hybridized carbons (Fsp3) is 0.611. The van der Waals surface area contributed by atoms with E-state index >= 15 is 0 Å².